The molecule has 4 nitrogen and oxygen atoms in total. The van der Waals surface area contributed by atoms with E-state index in [-0.39, 0.29) is 6.61 Å². The Morgan fingerprint density at radius 3 is 2.83 bits per heavy atom. The van der Waals surface area contributed by atoms with Crippen LogP contribution in [0.15, 0.2) is 36.7 Å². The number of aryl methyl sites for hydroxylation is 1. The Bertz CT molecular complexity index is 520. The summed E-state index contributed by atoms with van der Waals surface area (Å²) in [6.45, 7) is 0.960. The second-order valence-corrected chi connectivity index (χ2v) is 4.37. The molecule has 4 N–H and O–H groups in total. The largest absolute Gasteiger partial charge is 0.398 e. The quantitative estimate of drug-likeness (QED) is 0.558. The third-order valence-corrected chi connectivity index (χ3v) is 2.86. The van der Waals surface area contributed by atoms with Crippen molar-refractivity contribution < 1.29 is 5.11 Å². The van der Waals surface area contributed by atoms with Crippen LogP contribution in [0.2, 0.25) is 0 Å². The van der Waals surface area contributed by atoms with Gasteiger partial charge in [0, 0.05) is 55.1 Å². The van der Waals surface area contributed by atoms with Gasteiger partial charge in [-0.3, -0.25) is 0 Å². The summed E-state index contributed by atoms with van der Waals surface area (Å²) in [7, 11) is 1.99. The van der Waals surface area contributed by atoms with E-state index in [1.54, 1.807) is 0 Å². The molecule has 1 heterocycles. The molecule has 1 aromatic heterocycles. The molecule has 0 unspecified atom stereocenters. The standard InChI is InChI=1S/C14H19N3O/c1-17-7-5-11(10-17)13-9-12(3-4-14(13)15)16-6-2-8-18/h3-5,7,9-10,16,18H,2,6,8,15H2,1H3. The highest BCUT2D eigenvalue weighted by Gasteiger charge is 2.05. The molecule has 2 rings (SSSR count). The topological polar surface area (TPSA) is 63.2 Å². The maximum Gasteiger partial charge on any atom is 0.0447 e. The van der Waals surface area contributed by atoms with Crippen molar-refractivity contribution in [2.45, 2.75) is 6.42 Å². The summed E-state index contributed by atoms with van der Waals surface area (Å²) in [6.07, 6.45) is 4.79. The van der Waals surface area contributed by atoms with Gasteiger partial charge in [0.1, 0.15) is 0 Å². The summed E-state index contributed by atoms with van der Waals surface area (Å²) >= 11 is 0. The van der Waals surface area contributed by atoms with Crippen molar-refractivity contribution in [2.75, 3.05) is 24.2 Å². The highest BCUT2D eigenvalue weighted by Crippen LogP contribution is 2.28. The summed E-state index contributed by atoms with van der Waals surface area (Å²) in [4.78, 5) is 0. The maximum atomic E-state index is 8.76. The SMILES string of the molecule is Cn1ccc(-c2cc(NCCCO)ccc2N)c1. The number of hydrogen-bond donors (Lipinski definition) is 3. The van der Waals surface area contributed by atoms with E-state index in [1.165, 1.54) is 0 Å². The molecule has 0 spiro atoms. The van der Waals surface area contributed by atoms with Crippen LogP contribution < -0.4 is 11.1 Å². The monoisotopic (exact) mass is 245 g/mol. The Kier molecular flexibility index (Phi) is 3.89. The minimum absolute atomic E-state index is 0.202. The van der Waals surface area contributed by atoms with Gasteiger partial charge in [-0.1, -0.05) is 0 Å². The van der Waals surface area contributed by atoms with Crippen molar-refractivity contribution >= 4 is 11.4 Å². The van der Waals surface area contributed by atoms with Gasteiger partial charge in [-0.05, 0) is 30.7 Å². The number of aliphatic hydroxyl groups is 1. The first-order valence-electron chi connectivity index (χ1n) is 6.07. The number of hydrogen-bond acceptors (Lipinski definition) is 3. The smallest absolute Gasteiger partial charge is 0.0447 e. The number of aromatic nitrogens is 1. The lowest BCUT2D eigenvalue weighted by Crippen LogP contribution is -2.03. The van der Waals surface area contributed by atoms with E-state index in [2.05, 4.69) is 5.32 Å². The first kappa shape index (κ1) is 12.5. The number of aliphatic hydroxyl groups excluding tert-OH is 1. The molecule has 0 aliphatic carbocycles. The van der Waals surface area contributed by atoms with Crippen molar-refractivity contribution in [3.8, 4) is 11.1 Å². The predicted molar refractivity (Wildman–Crippen MR) is 75.5 cm³/mol. The van der Waals surface area contributed by atoms with E-state index >= 15 is 0 Å². The Balaban J connectivity index is 2.21. The third kappa shape index (κ3) is 2.84. The van der Waals surface area contributed by atoms with E-state index in [1.807, 2.05) is 48.3 Å². The zero-order valence-electron chi connectivity index (χ0n) is 10.6. The number of nitrogens with two attached hydrogens (primary N) is 1. The Hall–Kier alpha value is -1.94. The van der Waals surface area contributed by atoms with E-state index in [9.17, 15) is 0 Å². The van der Waals surface area contributed by atoms with E-state index in [0.717, 1.165) is 35.5 Å². The van der Waals surface area contributed by atoms with Crippen molar-refractivity contribution in [1.29, 1.82) is 0 Å². The third-order valence-electron chi connectivity index (χ3n) is 2.86. The molecule has 0 bridgehead atoms. The van der Waals surface area contributed by atoms with Crippen LogP contribution in [0.5, 0.6) is 0 Å². The van der Waals surface area contributed by atoms with E-state index in [0.29, 0.717) is 0 Å². The highest BCUT2D eigenvalue weighted by molar-refractivity contribution is 5.79. The zero-order valence-corrected chi connectivity index (χ0v) is 10.6. The van der Waals surface area contributed by atoms with Crippen molar-refractivity contribution in [1.82, 2.24) is 4.57 Å². The lowest BCUT2D eigenvalue weighted by Gasteiger charge is -2.09. The van der Waals surface area contributed by atoms with Gasteiger partial charge >= 0.3 is 0 Å². The average molecular weight is 245 g/mol. The molecule has 0 fully saturated rings. The lowest BCUT2D eigenvalue weighted by molar-refractivity contribution is 0.292. The normalized spacial score (nSPS) is 10.6. The number of nitrogen functional groups attached to an aromatic ring is 1. The molecule has 18 heavy (non-hydrogen) atoms. The van der Waals surface area contributed by atoms with Crippen LogP contribution in [0.25, 0.3) is 11.1 Å². The minimum Gasteiger partial charge on any atom is -0.398 e. The van der Waals surface area contributed by atoms with Crippen LogP contribution in [-0.4, -0.2) is 22.8 Å². The fourth-order valence-electron chi connectivity index (χ4n) is 1.89. The summed E-state index contributed by atoms with van der Waals surface area (Å²) in [6, 6.07) is 7.95. The lowest BCUT2D eigenvalue weighted by atomic mass is 10.1. The number of anilines is 2. The molecule has 2 aromatic rings. The highest BCUT2D eigenvalue weighted by atomic mass is 16.3. The second kappa shape index (κ2) is 5.60. The molecule has 96 valence electrons. The minimum atomic E-state index is 0.202. The van der Waals surface area contributed by atoms with Gasteiger partial charge in [-0.25, -0.2) is 0 Å². The van der Waals surface area contributed by atoms with Gasteiger partial charge in [0.05, 0.1) is 0 Å². The van der Waals surface area contributed by atoms with Crippen LogP contribution in [-0.2, 0) is 7.05 Å². The van der Waals surface area contributed by atoms with Crippen molar-refractivity contribution in [3.05, 3.63) is 36.7 Å². The van der Waals surface area contributed by atoms with Gasteiger partial charge in [0.15, 0.2) is 0 Å². The molecule has 0 aliphatic rings. The molecule has 0 aliphatic heterocycles. The molecule has 0 atom stereocenters. The molecule has 0 amide bonds. The zero-order chi connectivity index (χ0) is 13.0. The molecular weight excluding hydrogens is 226 g/mol. The van der Waals surface area contributed by atoms with E-state index < -0.39 is 0 Å². The molecule has 1 aromatic carbocycles. The number of benzene rings is 1. The fraction of sp³-hybridized carbons (Fsp3) is 0.286. The summed E-state index contributed by atoms with van der Waals surface area (Å²) < 4.78 is 2.00. The molecular formula is C14H19N3O. The molecule has 4 heteroatoms. The first-order chi connectivity index (χ1) is 8.70. The van der Waals surface area contributed by atoms with Crippen LogP contribution in [0.1, 0.15) is 6.42 Å². The average Bonchev–Trinajstić information content (AvgIpc) is 2.78. The predicted octanol–water partition coefficient (Wildman–Crippen LogP) is 2.07. The van der Waals surface area contributed by atoms with Crippen molar-refractivity contribution in [3.63, 3.8) is 0 Å². The fourth-order valence-corrected chi connectivity index (χ4v) is 1.89. The Morgan fingerprint density at radius 2 is 2.17 bits per heavy atom. The summed E-state index contributed by atoms with van der Waals surface area (Å²) in [5.74, 6) is 0. The van der Waals surface area contributed by atoms with Gasteiger partial charge in [0.25, 0.3) is 0 Å². The molecule has 0 saturated carbocycles. The van der Waals surface area contributed by atoms with Crippen LogP contribution in [0.4, 0.5) is 11.4 Å². The molecule has 0 radical (unpaired) electrons. The van der Waals surface area contributed by atoms with Gasteiger partial charge in [0.2, 0.25) is 0 Å². The number of nitrogens with one attached hydrogen (secondary N) is 1. The second-order valence-electron chi connectivity index (χ2n) is 4.37. The van der Waals surface area contributed by atoms with Gasteiger partial charge < -0.3 is 20.7 Å². The van der Waals surface area contributed by atoms with Crippen LogP contribution in [0.3, 0.4) is 0 Å². The van der Waals surface area contributed by atoms with Crippen molar-refractivity contribution in [2.24, 2.45) is 7.05 Å². The Labute approximate surface area is 107 Å². The first-order valence-corrected chi connectivity index (χ1v) is 6.07. The number of nitrogens with zero attached hydrogens (tertiary/aromatic N) is 1. The Morgan fingerprint density at radius 1 is 1.33 bits per heavy atom. The summed E-state index contributed by atoms with van der Waals surface area (Å²) in [5, 5.41) is 12.0. The van der Waals surface area contributed by atoms with Crippen LogP contribution >= 0.6 is 0 Å². The van der Waals surface area contributed by atoms with E-state index in [4.69, 9.17) is 10.8 Å². The maximum absolute atomic E-state index is 8.76. The van der Waals surface area contributed by atoms with Crippen LogP contribution in [0, 0.1) is 0 Å². The molecule has 0 saturated heterocycles. The van der Waals surface area contributed by atoms with Gasteiger partial charge in [-0.2, -0.15) is 0 Å². The summed E-state index contributed by atoms with van der Waals surface area (Å²) in [5.41, 5.74) is 9.95. The van der Waals surface area contributed by atoms with Gasteiger partial charge in [-0.15, -0.1) is 0 Å². The number of rotatable bonds is 5.